The van der Waals surface area contributed by atoms with E-state index in [2.05, 4.69) is 0 Å². The molecule has 6 aliphatic rings. The van der Waals surface area contributed by atoms with Gasteiger partial charge in [-0.25, -0.2) is 9.18 Å². The molecule has 3 atom stereocenters. The lowest BCUT2D eigenvalue weighted by Crippen LogP contribution is -2.51. The largest absolute Gasteiger partial charge is 0.493 e. The molecule has 1 heterocycles. The van der Waals surface area contributed by atoms with Crippen LogP contribution in [-0.2, 0) is 9.53 Å². The van der Waals surface area contributed by atoms with Crippen LogP contribution in [0.4, 0.5) is 4.39 Å². The monoisotopic (exact) mass is 455 g/mol. The summed E-state index contributed by atoms with van der Waals surface area (Å²) in [4.78, 5) is 27.3. The molecule has 1 aromatic rings. The van der Waals surface area contributed by atoms with Crippen LogP contribution in [0, 0.1) is 29.0 Å². The molecular formula is C27H34FNO4. The Balaban J connectivity index is 1.26. The summed E-state index contributed by atoms with van der Waals surface area (Å²) in [6.07, 6.45) is 9.88. The van der Waals surface area contributed by atoms with Gasteiger partial charge < -0.3 is 14.4 Å². The zero-order chi connectivity index (χ0) is 23.0. The van der Waals surface area contributed by atoms with Crippen LogP contribution in [0.1, 0.15) is 86.6 Å². The number of esters is 1. The Labute approximate surface area is 195 Å². The van der Waals surface area contributed by atoms with Crippen molar-refractivity contribution in [2.75, 3.05) is 20.3 Å². The maximum Gasteiger partial charge on any atom is 0.331 e. The SMILES string of the molecule is COC(=O)[C@]1(C)CCCN1C(=O)c1cc(C2CC2)c(OCC23CC4CC(CC2C4)C3)cc1F. The van der Waals surface area contributed by atoms with Gasteiger partial charge in [-0.3, -0.25) is 4.79 Å². The fraction of sp³-hybridized carbons (Fsp3) is 0.704. The lowest BCUT2D eigenvalue weighted by molar-refractivity contribution is -0.151. The number of likely N-dealkylation sites (tertiary alicyclic amines) is 1. The van der Waals surface area contributed by atoms with Gasteiger partial charge in [-0.05, 0) is 100 Å². The van der Waals surface area contributed by atoms with Gasteiger partial charge in [0.05, 0.1) is 19.3 Å². The number of methoxy groups -OCH3 is 1. The van der Waals surface area contributed by atoms with Crippen LogP contribution in [0.25, 0.3) is 0 Å². The number of carbonyl (C=O) groups is 2. The summed E-state index contributed by atoms with van der Waals surface area (Å²) in [5, 5.41) is 0. The van der Waals surface area contributed by atoms with E-state index in [4.69, 9.17) is 9.47 Å². The molecule has 2 unspecified atom stereocenters. The number of rotatable bonds is 6. The third kappa shape index (κ3) is 3.30. The summed E-state index contributed by atoms with van der Waals surface area (Å²) in [5.74, 6) is 1.98. The van der Waals surface area contributed by atoms with Crippen LogP contribution in [0.15, 0.2) is 12.1 Å². The third-order valence-corrected chi connectivity index (χ3v) is 9.53. The lowest BCUT2D eigenvalue weighted by atomic mass is 9.76. The molecule has 0 N–H and O–H groups in total. The number of halogens is 1. The molecule has 1 saturated heterocycles. The molecule has 5 aliphatic carbocycles. The highest BCUT2D eigenvalue weighted by molar-refractivity contribution is 5.99. The van der Waals surface area contributed by atoms with Crippen LogP contribution >= 0.6 is 0 Å². The molecule has 1 amide bonds. The Morgan fingerprint density at radius 3 is 2.55 bits per heavy atom. The normalized spacial score (nSPS) is 36.5. The number of carbonyl (C=O) groups excluding carboxylic acids is 2. The topological polar surface area (TPSA) is 55.8 Å². The first kappa shape index (κ1) is 21.4. The van der Waals surface area contributed by atoms with Crippen molar-refractivity contribution in [2.24, 2.45) is 23.2 Å². The van der Waals surface area contributed by atoms with Gasteiger partial charge in [0, 0.05) is 18.0 Å². The van der Waals surface area contributed by atoms with Gasteiger partial charge >= 0.3 is 5.97 Å². The predicted octanol–water partition coefficient (Wildman–Crippen LogP) is 5.08. The van der Waals surface area contributed by atoms with Crippen LogP contribution < -0.4 is 4.74 Å². The molecule has 5 nitrogen and oxygen atoms in total. The van der Waals surface area contributed by atoms with Crippen LogP contribution in [-0.4, -0.2) is 42.6 Å². The van der Waals surface area contributed by atoms with E-state index in [0.717, 1.165) is 36.2 Å². The fourth-order valence-corrected chi connectivity index (χ4v) is 7.86. The van der Waals surface area contributed by atoms with Gasteiger partial charge in [-0.1, -0.05) is 0 Å². The van der Waals surface area contributed by atoms with E-state index in [9.17, 15) is 9.59 Å². The first-order chi connectivity index (χ1) is 15.8. The molecule has 6 heteroatoms. The van der Waals surface area contributed by atoms with E-state index in [1.807, 2.05) is 0 Å². The summed E-state index contributed by atoms with van der Waals surface area (Å²) in [5.41, 5.74) is 0.220. The number of hydrogen-bond acceptors (Lipinski definition) is 4. The molecule has 4 bridgehead atoms. The van der Waals surface area contributed by atoms with Crippen molar-refractivity contribution in [2.45, 2.75) is 76.2 Å². The van der Waals surface area contributed by atoms with E-state index in [0.29, 0.717) is 37.7 Å². The number of benzene rings is 1. The average molecular weight is 456 g/mol. The Kier molecular flexibility index (Phi) is 4.83. The van der Waals surface area contributed by atoms with Crippen molar-refractivity contribution in [3.05, 3.63) is 29.1 Å². The Morgan fingerprint density at radius 2 is 1.88 bits per heavy atom. The summed E-state index contributed by atoms with van der Waals surface area (Å²) in [6.45, 7) is 2.81. The fourth-order valence-electron chi connectivity index (χ4n) is 7.86. The summed E-state index contributed by atoms with van der Waals surface area (Å²) >= 11 is 0. The first-order valence-corrected chi connectivity index (χ1v) is 12.7. The number of nitrogens with zero attached hydrogens (tertiary/aromatic N) is 1. The first-order valence-electron chi connectivity index (χ1n) is 12.7. The quantitative estimate of drug-likeness (QED) is 0.562. The van der Waals surface area contributed by atoms with E-state index in [1.165, 1.54) is 50.2 Å². The van der Waals surface area contributed by atoms with E-state index in [-0.39, 0.29) is 11.0 Å². The van der Waals surface area contributed by atoms with Crippen molar-refractivity contribution in [3.63, 3.8) is 0 Å². The highest BCUT2D eigenvalue weighted by atomic mass is 19.1. The summed E-state index contributed by atoms with van der Waals surface area (Å²) in [6, 6.07) is 3.14. The minimum atomic E-state index is -1.05. The van der Waals surface area contributed by atoms with Gasteiger partial charge in [-0.2, -0.15) is 0 Å². The second-order valence-electron chi connectivity index (χ2n) is 11.7. The van der Waals surface area contributed by atoms with E-state index in [1.54, 1.807) is 13.0 Å². The minimum Gasteiger partial charge on any atom is -0.493 e. The zero-order valence-electron chi connectivity index (χ0n) is 19.7. The van der Waals surface area contributed by atoms with Crippen LogP contribution in [0.5, 0.6) is 5.75 Å². The standard InChI is InChI=1S/C27H34FNO4/c1-26(25(31)32-2)6-3-7-29(26)24(30)21-11-20(18-4-5-18)23(12-22(21)28)33-15-27-13-16-8-17(14-27)10-19(27)9-16/h11-12,16-19H,3-10,13-15H2,1-2H3/t16?,17?,19?,26-,27?/m0/s1. The molecule has 0 spiro atoms. The second-order valence-corrected chi connectivity index (χ2v) is 11.7. The predicted molar refractivity (Wildman–Crippen MR) is 121 cm³/mol. The molecule has 7 rings (SSSR count). The van der Waals surface area contributed by atoms with Crippen molar-refractivity contribution >= 4 is 11.9 Å². The molecule has 178 valence electrons. The third-order valence-electron chi connectivity index (χ3n) is 9.53. The lowest BCUT2D eigenvalue weighted by Gasteiger charge is -2.33. The van der Waals surface area contributed by atoms with Crippen molar-refractivity contribution in [3.8, 4) is 5.75 Å². The van der Waals surface area contributed by atoms with Gasteiger partial charge in [0.15, 0.2) is 0 Å². The summed E-state index contributed by atoms with van der Waals surface area (Å²) < 4.78 is 26.7. The molecular weight excluding hydrogens is 421 g/mol. The number of hydrogen-bond donors (Lipinski definition) is 0. The van der Waals surface area contributed by atoms with E-state index >= 15 is 4.39 Å². The number of ether oxygens (including phenoxy) is 2. The minimum absolute atomic E-state index is 0.0419. The Bertz CT molecular complexity index is 990. The maximum absolute atomic E-state index is 15.3. The van der Waals surface area contributed by atoms with Gasteiger partial charge in [0.25, 0.3) is 5.91 Å². The van der Waals surface area contributed by atoms with Crippen molar-refractivity contribution in [1.82, 2.24) is 4.90 Å². The molecule has 1 aromatic carbocycles. The highest BCUT2D eigenvalue weighted by Crippen LogP contribution is 2.65. The number of amides is 1. The highest BCUT2D eigenvalue weighted by Gasteiger charge is 2.58. The van der Waals surface area contributed by atoms with Crippen molar-refractivity contribution in [1.29, 1.82) is 0 Å². The second kappa shape index (κ2) is 7.44. The van der Waals surface area contributed by atoms with Gasteiger partial charge in [0.2, 0.25) is 0 Å². The Morgan fingerprint density at radius 1 is 1.15 bits per heavy atom. The summed E-state index contributed by atoms with van der Waals surface area (Å²) in [7, 11) is 1.33. The van der Waals surface area contributed by atoms with Gasteiger partial charge in [-0.15, -0.1) is 0 Å². The molecule has 0 aromatic heterocycles. The molecule has 5 saturated carbocycles. The average Bonchev–Trinajstić information content (AvgIpc) is 3.46. The van der Waals surface area contributed by atoms with Crippen molar-refractivity contribution < 1.29 is 23.5 Å². The molecule has 1 aliphatic heterocycles. The zero-order valence-corrected chi connectivity index (χ0v) is 19.7. The Hall–Kier alpha value is -2.11. The molecule has 33 heavy (non-hydrogen) atoms. The van der Waals surface area contributed by atoms with E-state index < -0.39 is 23.2 Å². The molecule has 0 radical (unpaired) electrons. The van der Waals surface area contributed by atoms with Crippen LogP contribution in [0.2, 0.25) is 0 Å². The van der Waals surface area contributed by atoms with Gasteiger partial charge in [0.1, 0.15) is 17.1 Å². The molecule has 6 fully saturated rings. The smallest absolute Gasteiger partial charge is 0.331 e. The van der Waals surface area contributed by atoms with Crippen LogP contribution in [0.3, 0.4) is 0 Å². The maximum atomic E-state index is 15.3.